The van der Waals surface area contributed by atoms with Crippen LogP contribution in [0.5, 0.6) is 0 Å². The Bertz CT molecular complexity index is 288. The maximum Gasteiger partial charge on any atom is 0.175 e. The fourth-order valence-electron chi connectivity index (χ4n) is 2.08. The molecule has 1 saturated heterocycles. The Kier molecular flexibility index (Phi) is 3.39. The van der Waals surface area contributed by atoms with Crippen LogP contribution in [-0.4, -0.2) is 9.98 Å². The van der Waals surface area contributed by atoms with Crippen LogP contribution in [0.25, 0.3) is 0 Å². The van der Waals surface area contributed by atoms with Crippen molar-refractivity contribution in [3.63, 3.8) is 0 Å². The zero-order chi connectivity index (χ0) is 9.97. The van der Waals surface area contributed by atoms with E-state index in [2.05, 4.69) is 6.08 Å². The average Bonchev–Trinajstić information content (AvgIpc) is 2.47. The summed E-state index contributed by atoms with van der Waals surface area (Å²) < 4.78 is 0.844. The molecule has 1 heterocycles. The number of hydrogen-bond acceptors (Lipinski definition) is 3. The van der Waals surface area contributed by atoms with Crippen molar-refractivity contribution < 1.29 is 4.79 Å². The molecule has 2 fully saturated rings. The molecule has 0 N–H and O–H groups in total. The Morgan fingerprint density at radius 2 is 2.00 bits per heavy atom. The number of carbonyl (C=O) groups is 1. The monoisotopic (exact) mass is 226 g/mol. The first-order chi connectivity index (χ1) is 6.75. The molecule has 0 bridgehead atoms. The standard InChI is InChI=1S/C11H14OS2/c12-9-7-11(13)14-10(9)6-8-4-2-1-3-5-8/h6,8H,1-5,7H2/b10-6-. The second-order valence-electron chi connectivity index (χ2n) is 4.00. The number of hydrogen-bond donors (Lipinski definition) is 0. The number of allylic oxidation sites excluding steroid dienone is 2. The highest BCUT2D eigenvalue weighted by Crippen LogP contribution is 2.34. The fourth-order valence-corrected chi connectivity index (χ4v) is 3.37. The van der Waals surface area contributed by atoms with Gasteiger partial charge in [-0.1, -0.05) is 49.3 Å². The zero-order valence-electron chi connectivity index (χ0n) is 8.12. The molecule has 14 heavy (non-hydrogen) atoms. The molecule has 1 aliphatic carbocycles. The van der Waals surface area contributed by atoms with E-state index in [4.69, 9.17) is 12.2 Å². The van der Waals surface area contributed by atoms with Crippen LogP contribution < -0.4 is 0 Å². The van der Waals surface area contributed by atoms with E-state index in [0.29, 0.717) is 12.3 Å². The third kappa shape index (κ3) is 2.45. The van der Waals surface area contributed by atoms with Gasteiger partial charge in [0.25, 0.3) is 0 Å². The normalized spacial score (nSPS) is 27.6. The summed E-state index contributed by atoms with van der Waals surface area (Å²) in [5, 5.41) is 0. The topological polar surface area (TPSA) is 17.1 Å². The van der Waals surface area contributed by atoms with Gasteiger partial charge in [-0.2, -0.15) is 0 Å². The molecule has 0 spiro atoms. The number of thiocarbonyl (C=S) groups is 1. The SMILES string of the molecule is O=C1CC(=S)S/C1=C\C1CCCCC1. The third-order valence-corrected chi connectivity index (χ3v) is 4.19. The predicted molar refractivity (Wildman–Crippen MR) is 64.5 cm³/mol. The highest BCUT2D eigenvalue weighted by molar-refractivity contribution is 8.27. The van der Waals surface area contributed by atoms with Gasteiger partial charge in [-0.15, -0.1) is 0 Å². The molecule has 1 aliphatic heterocycles. The van der Waals surface area contributed by atoms with E-state index in [-0.39, 0.29) is 5.78 Å². The Hall–Kier alpha value is -0.150. The van der Waals surface area contributed by atoms with Gasteiger partial charge >= 0.3 is 0 Å². The summed E-state index contributed by atoms with van der Waals surface area (Å²) in [5.74, 6) is 0.877. The van der Waals surface area contributed by atoms with Crippen molar-refractivity contribution in [1.29, 1.82) is 0 Å². The summed E-state index contributed by atoms with van der Waals surface area (Å²) in [6.45, 7) is 0. The predicted octanol–water partition coefficient (Wildman–Crippen LogP) is 3.48. The summed E-state index contributed by atoms with van der Waals surface area (Å²) >= 11 is 6.55. The van der Waals surface area contributed by atoms with Crippen molar-refractivity contribution in [2.45, 2.75) is 38.5 Å². The zero-order valence-corrected chi connectivity index (χ0v) is 9.76. The fraction of sp³-hybridized carbons (Fsp3) is 0.636. The third-order valence-electron chi connectivity index (χ3n) is 2.84. The number of carbonyl (C=O) groups excluding carboxylic acids is 1. The second-order valence-corrected chi connectivity index (χ2v) is 5.89. The first kappa shape index (κ1) is 10.4. The molecule has 2 rings (SSSR count). The molecule has 0 aromatic carbocycles. The Labute approximate surface area is 94.3 Å². The highest BCUT2D eigenvalue weighted by atomic mass is 32.2. The maximum absolute atomic E-state index is 11.5. The highest BCUT2D eigenvalue weighted by Gasteiger charge is 2.24. The Morgan fingerprint density at radius 3 is 2.57 bits per heavy atom. The van der Waals surface area contributed by atoms with Crippen LogP contribution >= 0.6 is 24.0 Å². The van der Waals surface area contributed by atoms with Gasteiger partial charge in [0.15, 0.2) is 5.78 Å². The molecule has 0 aromatic heterocycles. The Balaban J connectivity index is 2.02. The lowest BCUT2D eigenvalue weighted by Gasteiger charge is -2.18. The molecule has 2 aliphatic rings. The van der Waals surface area contributed by atoms with Gasteiger partial charge in [0, 0.05) is 0 Å². The molecule has 1 nitrogen and oxygen atoms in total. The van der Waals surface area contributed by atoms with Crippen LogP contribution in [0.3, 0.4) is 0 Å². The van der Waals surface area contributed by atoms with Gasteiger partial charge in [-0.3, -0.25) is 4.79 Å². The molecule has 0 aromatic rings. The summed E-state index contributed by atoms with van der Waals surface area (Å²) in [4.78, 5) is 12.4. The number of ketones is 1. The summed E-state index contributed by atoms with van der Waals surface area (Å²) in [5.41, 5.74) is 0. The van der Waals surface area contributed by atoms with Crippen molar-refractivity contribution in [2.24, 2.45) is 5.92 Å². The molecule has 1 saturated carbocycles. The van der Waals surface area contributed by atoms with Crippen molar-refractivity contribution in [1.82, 2.24) is 0 Å². The molecule has 76 valence electrons. The van der Waals surface area contributed by atoms with Gasteiger partial charge in [-0.05, 0) is 18.8 Å². The van der Waals surface area contributed by atoms with Crippen molar-refractivity contribution >= 4 is 34.0 Å². The van der Waals surface area contributed by atoms with Crippen LogP contribution in [0.2, 0.25) is 0 Å². The van der Waals surface area contributed by atoms with E-state index in [0.717, 1.165) is 9.10 Å². The van der Waals surface area contributed by atoms with E-state index in [9.17, 15) is 4.79 Å². The molecule has 0 radical (unpaired) electrons. The first-order valence-corrected chi connectivity index (χ1v) is 6.44. The van der Waals surface area contributed by atoms with E-state index in [1.165, 1.54) is 43.9 Å². The summed E-state index contributed by atoms with van der Waals surface area (Å²) in [6, 6.07) is 0. The lowest BCUT2D eigenvalue weighted by molar-refractivity contribution is -0.113. The van der Waals surface area contributed by atoms with Crippen molar-refractivity contribution in [3.8, 4) is 0 Å². The molecule has 3 heteroatoms. The van der Waals surface area contributed by atoms with E-state index < -0.39 is 0 Å². The quantitative estimate of drug-likeness (QED) is 0.503. The molecule has 0 amide bonds. The average molecular weight is 226 g/mol. The lowest BCUT2D eigenvalue weighted by atomic mass is 9.89. The van der Waals surface area contributed by atoms with Gasteiger partial charge in [-0.25, -0.2) is 0 Å². The number of Topliss-reactive ketones (excluding diaryl/α,β-unsaturated/α-hetero) is 1. The summed E-state index contributed by atoms with van der Waals surface area (Å²) in [7, 11) is 0. The molecule has 0 atom stereocenters. The Morgan fingerprint density at radius 1 is 1.29 bits per heavy atom. The van der Waals surface area contributed by atoms with Gasteiger partial charge in [0.1, 0.15) is 0 Å². The van der Waals surface area contributed by atoms with Crippen LogP contribution in [0.4, 0.5) is 0 Å². The van der Waals surface area contributed by atoms with Crippen LogP contribution in [0.1, 0.15) is 38.5 Å². The van der Waals surface area contributed by atoms with E-state index in [1.807, 2.05) is 0 Å². The molecular weight excluding hydrogens is 212 g/mol. The smallest absolute Gasteiger partial charge is 0.175 e. The number of rotatable bonds is 1. The van der Waals surface area contributed by atoms with Gasteiger partial charge < -0.3 is 0 Å². The molecular formula is C11H14OS2. The molecule has 0 unspecified atom stereocenters. The van der Waals surface area contributed by atoms with Crippen LogP contribution in [0, 0.1) is 5.92 Å². The summed E-state index contributed by atoms with van der Waals surface area (Å²) in [6.07, 6.45) is 9.16. The van der Waals surface area contributed by atoms with Gasteiger partial charge in [0.2, 0.25) is 0 Å². The minimum absolute atomic E-state index is 0.241. The van der Waals surface area contributed by atoms with Gasteiger partial charge in [0.05, 0.1) is 15.5 Å². The van der Waals surface area contributed by atoms with Crippen LogP contribution in [0.15, 0.2) is 11.0 Å². The second kappa shape index (κ2) is 4.58. The van der Waals surface area contributed by atoms with E-state index >= 15 is 0 Å². The van der Waals surface area contributed by atoms with E-state index in [1.54, 1.807) is 0 Å². The minimum atomic E-state index is 0.241. The minimum Gasteiger partial charge on any atom is -0.293 e. The first-order valence-electron chi connectivity index (χ1n) is 5.21. The van der Waals surface area contributed by atoms with Crippen molar-refractivity contribution in [2.75, 3.05) is 0 Å². The largest absolute Gasteiger partial charge is 0.293 e. The number of thioether (sulfide) groups is 1. The maximum atomic E-state index is 11.5. The lowest BCUT2D eigenvalue weighted by Crippen LogP contribution is -2.04. The van der Waals surface area contributed by atoms with Crippen molar-refractivity contribution in [3.05, 3.63) is 11.0 Å². The van der Waals surface area contributed by atoms with Crippen LogP contribution in [-0.2, 0) is 4.79 Å².